The average Bonchev–Trinajstić information content (AvgIpc) is 3.49. The summed E-state index contributed by atoms with van der Waals surface area (Å²) in [6, 6.07) is 29.5. The van der Waals surface area contributed by atoms with Crippen LogP contribution in [0.1, 0.15) is 36.5 Å². The minimum atomic E-state index is -1.19. The van der Waals surface area contributed by atoms with Crippen molar-refractivity contribution >= 4 is 5.97 Å². The van der Waals surface area contributed by atoms with Crippen molar-refractivity contribution in [2.75, 3.05) is 6.61 Å². The number of hydrogen-bond acceptors (Lipinski definition) is 3. The summed E-state index contributed by atoms with van der Waals surface area (Å²) < 4.78 is 12.2. The van der Waals surface area contributed by atoms with E-state index in [0.717, 1.165) is 29.5 Å². The number of carbonyl (C=O) groups is 1. The summed E-state index contributed by atoms with van der Waals surface area (Å²) >= 11 is 0. The third kappa shape index (κ3) is 2.83. The fraction of sp³-hybridized carbons (Fsp3) is 0.240. The van der Waals surface area contributed by atoms with E-state index in [1.54, 1.807) is 0 Å². The van der Waals surface area contributed by atoms with Crippen molar-refractivity contribution in [3.8, 4) is 0 Å². The first-order valence-corrected chi connectivity index (χ1v) is 9.79. The van der Waals surface area contributed by atoms with Gasteiger partial charge in [0.1, 0.15) is 0 Å². The predicted octanol–water partition coefficient (Wildman–Crippen LogP) is 5.20. The number of hydrogen-bond donors (Lipinski definition) is 0. The van der Waals surface area contributed by atoms with Crippen LogP contribution in [-0.2, 0) is 25.5 Å². The van der Waals surface area contributed by atoms with E-state index in [2.05, 4.69) is 6.92 Å². The lowest BCUT2D eigenvalue weighted by Gasteiger charge is -2.21. The quantitative estimate of drug-likeness (QED) is 0.325. The highest BCUT2D eigenvalue weighted by atomic mass is 16.7. The van der Waals surface area contributed by atoms with Crippen LogP contribution in [0.4, 0.5) is 0 Å². The second kappa shape index (κ2) is 7.61. The molecule has 0 N–H and O–H groups in total. The second-order valence-corrected chi connectivity index (χ2v) is 7.05. The van der Waals surface area contributed by atoms with E-state index in [-0.39, 0.29) is 5.97 Å². The highest BCUT2D eigenvalue weighted by molar-refractivity contribution is 5.89. The lowest BCUT2D eigenvalue weighted by molar-refractivity contribution is -0.150. The minimum absolute atomic E-state index is 0.333. The van der Waals surface area contributed by atoms with Gasteiger partial charge in [-0.15, -0.1) is 0 Å². The maximum Gasteiger partial charge on any atom is 0.347 e. The van der Waals surface area contributed by atoms with E-state index in [4.69, 9.17) is 9.47 Å². The van der Waals surface area contributed by atoms with Gasteiger partial charge in [-0.2, -0.15) is 0 Å². The zero-order valence-corrected chi connectivity index (χ0v) is 16.0. The van der Waals surface area contributed by atoms with Gasteiger partial charge in [-0.05, 0) is 23.1 Å². The van der Waals surface area contributed by atoms with Crippen molar-refractivity contribution in [2.45, 2.75) is 31.0 Å². The Morgan fingerprint density at radius 3 is 1.71 bits per heavy atom. The molecule has 1 atom stereocenters. The number of rotatable bonds is 7. The lowest BCUT2D eigenvalue weighted by Crippen LogP contribution is -2.33. The molecule has 1 fully saturated rings. The Morgan fingerprint density at radius 1 is 0.786 bits per heavy atom. The second-order valence-electron chi connectivity index (χ2n) is 7.05. The lowest BCUT2D eigenvalue weighted by atomic mass is 9.77. The Morgan fingerprint density at radius 2 is 1.25 bits per heavy atom. The molecule has 1 aliphatic rings. The number of ether oxygens (including phenoxy) is 2. The number of unbranched alkanes of at least 4 members (excludes halogenated alkanes) is 1. The maximum atomic E-state index is 13.4. The zero-order chi connectivity index (χ0) is 19.5. The van der Waals surface area contributed by atoms with E-state index >= 15 is 0 Å². The molecule has 4 rings (SSSR count). The molecule has 0 amide bonds. The zero-order valence-electron chi connectivity index (χ0n) is 16.0. The van der Waals surface area contributed by atoms with Crippen LogP contribution in [0.5, 0.6) is 0 Å². The molecule has 1 aliphatic heterocycles. The van der Waals surface area contributed by atoms with Gasteiger partial charge >= 0.3 is 5.97 Å². The van der Waals surface area contributed by atoms with Crippen molar-refractivity contribution in [1.29, 1.82) is 0 Å². The van der Waals surface area contributed by atoms with Gasteiger partial charge < -0.3 is 9.47 Å². The highest BCUT2D eigenvalue weighted by Crippen LogP contribution is 2.66. The summed E-state index contributed by atoms with van der Waals surface area (Å²) in [5.41, 5.74) is 0.601. The molecule has 1 heterocycles. The molecule has 142 valence electrons. The third-order valence-electron chi connectivity index (χ3n) is 5.32. The Labute approximate surface area is 165 Å². The van der Waals surface area contributed by atoms with Crippen LogP contribution in [0, 0.1) is 0 Å². The normalized spacial score (nSPS) is 19.8. The minimum Gasteiger partial charge on any atom is -0.463 e. The molecule has 1 unspecified atom stereocenters. The van der Waals surface area contributed by atoms with Gasteiger partial charge in [-0.1, -0.05) is 104 Å². The van der Waals surface area contributed by atoms with Gasteiger partial charge in [0.05, 0.1) is 6.61 Å². The molecule has 3 aromatic rings. The van der Waals surface area contributed by atoms with Crippen molar-refractivity contribution < 1.29 is 14.3 Å². The van der Waals surface area contributed by atoms with E-state index in [0.29, 0.717) is 6.61 Å². The maximum absolute atomic E-state index is 13.4. The average molecular weight is 372 g/mol. The standard InChI is InChI=1S/C25H24O3/c1-2-3-19-27-23(26)25(22-17-11-6-12-18-22)24(28-25,20-13-7-4-8-14-20)21-15-9-5-10-16-21/h4-18H,2-3,19H2,1H3. The summed E-state index contributed by atoms with van der Waals surface area (Å²) in [5, 5.41) is 0. The summed E-state index contributed by atoms with van der Waals surface area (Å²) in [7, 11) is 0. The van der Waals surface area contributed by atoms with Crippen molar-refractivity contribution in [3.05, 3.63) is 108 Å². The molecule has 0 saturated carbocycles. The fourth-order valence-corrected chi connectivity index (χ4v) is 3.89. The van der Waals surface area contributed by atoms with Crippen LogP contribution < -0.4 is 0 Å². The fourth-order valence-electron chi connectivity index (χ4n) is 3.89. The molecule has 0 bridgehead atoms. The molecule has 28 heavy (non-hydrogen) atoms. The largest absolute Gasteiger partial charge is 0.463 e. The Kier molecular flexibility index (Phi) is 5.01. The number of epoxide rings is 1. The van der Waals surface area contributed by atoms with Crippen LogP contribution in [0.25, 0.3) is 0 Å². The van der Waals surface area contributed by atoms with E-state index in [1.807, 2.05) is 91.0 Å². The van der Waals surface area contributed by atoms with Crippen LogP contribution in [0.15, 0.2) is 91.0 Å². The summed E-state index contributed by atoms with van der Waals surface area (Å²) in [6.45, 7) is 2.47. The molecule has 3 aromatic carbocycles. The van der Waals surface area contributed by atoms with Gasteiger partial charge in [-0.3, -0.25) is 0 Å². The molecule has 0 radical (unpaired) electrons. The van der Waals surface area contributed by atoms with Crippen molar-refractivity contribution in [1.82, 2.24) is 0 Å². The third-order valence-corrected chi connectivity index (χ3v) is 5.32. The molecule has 3 nitrogen and oxygen atoms in total. The smallest absolute Gasteiger partial charge is 0.347 e. The number of benzene rings is 3. The molecule has 0 aliphatic carbocycles. The number of esters is 1. The molecular formula is C25H24O3. The first-order chi connectivity index (χ1) is 13.8. The highest BCUT2D eigenvalue weighted by Gasteiger charge is 2.78. The molecule has 0 aromatic heterocycles. The van der Waals surface area contributed by atoms with E-state index in [9.17, 15) is 4.79 Å². The summed E-state index contributed by atoms with van der Waals surface area (Å²) in [4.78, 5) is 13.4. The Hall–Kier alpha value is -2.91. The first kappa shape index (κ1) is 18.5. The molecule has 0 spiro atoms. The Bertz CT molecular complexity index is 882. The van der Waals surface area contributed by atoms with Crippen LogP contribution in [0.2, 0.25) is 0 Å². The summed E-state index contributed by atoms with van der Waals surface area (Å²) in [5.74, 6) is -0.333. The van der Waals surface area contributed by atoms with Gasteiger partial charge in [-0.25, -0.2) is 4.79 Å². The van der Waals surface area contributed by atoms with Gasteiger partial charge in [0.25, 0.3) is 0 Å². The summed E-state index contributed by atoms with van der Waals surface area (Å²) in [6.07, 6.45) is 1.80. The van der Waals surface area contributed by atoms with Crippen molar-refractivity contribution in [3.63, 3.8) is 0 Å². The van der Waals surface area contributed by atoms with E-state index < -0.39 is 11.2 Å². The van der Waals surface area contributed by atoms with Crippen LogP contribution in [-0.4, -0.2) is 12.6 Å². The number of carbonyl (C=O) groups excluding carboxylic acids is 1. The molecular weight excluding hydrogens is 348 g/mol. The van der Waals surface area contributed by atoms with Crippen LogP contribution >= 0.6 is 0 Å². The monoisotopic (exact) mass is 372 g/mol. The van der Waals surface area contributed by atoms with Crippen molar-refractivity contribution in [2.24, 2.45) is 0 Å². The SMILES string of the molecule is CCCCOC(=O)C1(c2ccccc2)OC1(c1ccccc1)c1ccccc1. The predicted molar refractivity (Wildman–Crippen MR) is 109 cm³/mol. The Balaban J connectivity index is 1.87. The van der Waals surface area contributed by atoms with Gasteiger partial charge in [0, 0.05) is 0 Å². The van der Waals surface area contributed by atoms with Gasteiger partial charge in [0.2, 0.25) is 5.60 Å². The van der Waals surface area contributed by atoms with Gasteiger partial charge in [0.15, 0.2) is 5.60 Å². The van der Waals surface area contributed by atoms with Crippen LogP contribution in [0.3, 0.4) is 0 Å². The molecule has 1 saturated heterocycles. The van der Waals surface area contributed by atoms with E-state index in [1.165, 1.54) is 0 Å². The first-order valence-electron chi connectivity index (χ1n) is 9.79. The topological polar surface area (TPSA) is 38.8 Å². The molecule has 3 heteroatoms.